The van der Waals surface area contributed by atoms with Gasteiger partial charge in [-0.2, -0.15) is 4.31 Å². The van der Waals surface area contributed by atoms with Gasteiger partial charge in [-0.05, 0) is 31.0 Å². The van der Waals surface area contributed by atoms with Gasteiger partial charge in [-0.25, -0.2) is 8.42 Å². The highest BCUT2D eigenvalue weighted by Crippen LogP contribution is 2.31. The number of aryl methyl sites for hydroxylation is 1. The third-order valence-corrected chi connectivity index (χ3v) is 5.51. The van der Waals surface area contributed by atoms with Crippen LogP contribution in [0.4, 0.5) is 0 Å². The lowest BCUT2D eigenvalue weighted by molar-refractivity contribution is -0.144. The Bertz CT molecular complexity index is 641. The molecule has 1 saturated heterocycles. The molecule has 21 heavy (non-hydrogen) atoms. The first-order chi connectivity index (χ1) is 9.90. The number of hydrogen-bond acceptors (Lipinski definition) is 5. The van der Waals surface area contributed by atoms with Crippen LogP contribution in [0.3, 0.4) is 0 Å². The van der Waals surface area contributed by atoms with E-state index in [-0.39, 0.29) is 17.4 Å². The largest absolute Gasteiger partial charge is 0.495 e. The van der Waals surface area contributed by atoms with E-state index in [4.69, 9.17) is 4.74 Å². The van der Waals surface area contributed by atoms with Gasteiger partial charge in [0.25, 0.3) is 0 Å². The minimum absolute atomic E-state index is 0.135. The third-order valence-electron chi connectivity index (χ3n) is 3.62. The Labute approximate surface area is 124 Å². The highest BCUT2D eigenvalue weighted by molar-refractivity contribution is 7.89. The van der Waals surface area contributed by atoms with Crippen LogP contribution in [0.2, 0.25) is 0 Å². The Morgan fingerprint density at radius 3 is 2.67 bits per heavy atom. The number of hydrogen-bond donors (Lipinski definition) is 0. The zero-order valence-corrected chi connectivity index (χ0v) is 13.1. The van der Waals surface area contributed by atoms with Gasteiger partial charge in [0.1, 0.15) is 10.6 Å². The summed E-state index contributed by atoms with van der Waals surface area (Å²) in [5.41, 5.74) is 0.832. The van der Waals surface area contributed by atoms with E-state index < -0.39 is 15.9 Å². The quantitative estimate of drug-likeness (QED) is 0.781. The van der Waals surface area contributed by atoms with E-state index in [1.165, 1.54) is 18.5 Å². The molecule has 0 bridgehead atoms. The smallest absolute Gasteiger partial charge is 0.310 e. The van der Waals surface area contributed by atoms with Crippen molar-refractivity contribution in [3.8, 4) is 5.75 Å². The molecule has 0 spiro atoms. The summed E-state index contributed by atoms with van der Waals surface area (Å²) in [5, 5.41) is 0. The van der Waals surface area contributed by atoms with Crippen molar-refractivity contribution in [3.05, 3.63) is 23.8 Å². The van der Waals surface area contributed by atoms with E-state index in [0.29, 0.717) is 18.7 Å². The number of carbonyl (C=O) groups is 1. The molecule has 116 valence electrons. The number of ether oxygens (including phenoxy) is 2. The van der Waals surface area contributed by atoms with E-state index in [1.54, 1.807) is 18.2 Å². The second kappa shape index (κ2) is 6.03. The van der Waals surface area contributed by atoms with Gasteiger partial charge < -0.3 is 9.47 Å². The zero-order valence-electron chi connectivity index (χ0n) is 12.3. The molecule has 1 aliphatic rings. The first-order valence-electron chi connectivity index (χ1n) is 6.62. The van der Waals surface area contributed by atoms with Crippen LogP contribution in [0.15, 0.2) is 23.1 Å². The maximum absolute atomic E-state index is 12.7. The van der Waals surface area contributed by atoms with E-state index in [2.05, 4.69) is 4.74 Å². The lowest BCUT2D eigenvalue weighted by Crippen LogP contribution is -2.30. The molecule has 1 aromatic rings. The van der Waals surface area contributed by atoms with Gasteiger partial charge in [0.15, 0.2) is 0 Å². The summed E-state index contributed by atoms with van der Waals surface area (Å²) in [5.74, 6) is -0.466. The molecule has 0 N–H and O–H groups in total. The molecule has 7 heteroatoms. The van der Waals surface area contributed by atoms with Crippen LogP contribution < -0.4 is 4.74 Å². The molecular formula is C14H19NO5S. The molecule has 1 aliphatic heterocycles. The lowest BCUT2D eigenvalue weighted by atomic mass is 10.1. The molecule has 1 fully saturated rings. The van der Waals surface area contributed by atoms with Crippen molar-refractivity contribution in [1.82, 2.24) is 4.31 Å². The maximum Gasteiger partial charge on any atom is 0.310 e. The number of carbonyl (C=O) groups excluding carboxylic acids is 1. The first-order valence-corrected chi connectivity index (χ1v) is 8.06. The summed E-state index contributed by atoms with van der Waals surface area (Å²) in [6, 6.07) is 5.01. The summed E-state index contributed by atoms with van der Waals surface area (Å²) < 4.78 is 36.6. The Morgan fingerprint density at radius 2 is 2.05 bits per heavy atom. The van der Waals surface area contributed by atoms with Crippen molar-refractivity contribution >= 4 is 16.0 Å². The zero-order chi connectivity index (χ0) is 15.6. The first kappa shape index (κ1) is 15.8. The molecule has 0 aliphatic carbocycles. The van der Waals surface area contributed by atoms with Gasteiger partial charge in [-0.15, -0.1) is 0 Å². The number of methoxy groups -OCH3 is 2. The van der Waals surface area contributed by atoms with E-state index in [0.717, 1.165) is 5.56 Å². The van der Waals surface area contributed by atoms with Crippen LogP contribution in [0, 0.1) is 12.8 Å². The fourth-order valence-electron chi connectivity index (χ4n) is 2.43. The summed E-state index contributed by atoms with van der Waals surface area (Å²) in [6.45, 7) is 2.27. The average Bonchev–Trinajstić information content (AvgIpc) is 2.97. The molecule has 0 radical (unpaired) electrons. The molecule has 0 saturated carbocycles. The normalized spacial score (nSPS) is 19.5. The van der Waals surface area contributed by atoms with Gasteiger partial charge in [0.05, 0.1) is 20.1 Å². The predicted molar refractivity (Wildman–Crippen MR) is 76.6 cm³/mol. The number of benzene rings is 1. The molecule has 6 nitrogen and oxygen atoms in total. The van der Waals surface area contributed by atoms with Crippen LogP contribution in [-0.2, 0) is 19.6 Å². The second-order valence-electron chi connectivity index (χ2n) is 5.03. The van der Waals surface area contributed by atoms with Crippen LogP contribution in [-0.4, -0.2) is 46.0 Å². The van der Waals surface area contributed by atoms with Crippen LogP contribution in [0.1, 0.15) is 12.0 Å². The minimum Gasteiger partial charge on any atom is -0.495 e. The van der Waals surface area contributed by atoms with Crippen molar-refractivity contribution < 1.29 is 22.7 Å². The van der Waals surface area contributed by atoms with Crippen molar-refractivity contribution in [2.45, 2.75) is 18.2 Å². The van der Waals surface area contributed by atoms with Gasteiger partial charge >= 0.3 is 5.97 Å². The Morgan fingerprint density at radius 1 is 1.33 bits per heavy atom. The average molecular weight is 313 g/mol. The molecule has 1 heterocycles. The molecule has 1 atom stereocenters. The third kappa shape index (κ3) is 3.03. The van der Waals surface area contributed by atoms with Crippen LogP contribution in [0.25, 0.3) is 0 Å². The number of rotatable bonds is 4. The molecule has 2 rings (SSSR count). The van der Waals surface area contributed by atoms with E-state index in [9.17, 15) is 13.2 Å². The highest BCUT2D eigenvalue weighted by atomic mass is 32.2. The monoisotopic (exact) mass is 313 g/mol. The number of sulfonamides is 1. The molecule has 1 unspecified atom stereocenters. The van der Waals surface area contributed by atoms with Crippen molar-refractivity contribution in [2.24, 2.45) is 5.92 Å². The van der Waals surface area contributed by atoms with Crippen molar-refractivity contribution in [1.29, 1.82) is 0 Å². The van der Waals surface area contributed by atoms with Gasteiger partial charge in [-0.3, -0.25) is 4.79 Å². The summed E-state index contributed by atoms with van der Waals surface area (Å²) in [4.78, 5) is 11.7. The predicted octanol–water partition coefficient (Wildman–Crippen LogP) is 1.19. The van der Waals surface area contributed by atoms with E-state index in [1.807, 2.05) is 6.92 Å². The molecule has 0 amide bonds. The van der Waals surface area contributed by atoms with Crippen molar-refractivity contribution in [3.63, 3.8) is 0 Å². The SMILES string of the molecule is COC(=O)C1CCN(S(=O)(=O)c2cc(C)ccc2OC)C1. The summed E-state index contributed by atoms with van der Waals surface area (Å²) >= 11 is 0. The number of esters is 1. The van der Waals surface area contributed by atoms with Crippen molar-refractivity contribution in [2.75, 3.05) is 27.3 Å². The Balaban J connectivity index is 2.31. The lowest BCUT2D eigenvalue weighted by Gasteiger charge is -2.18. The van der Waals surface area contributed by atoms with Crippen LogP contribution in [0.5, 0.6) is 5.75 Å². The molecular weight excluding hydrogens is 294 g/mol. The van der Waals surface area contributed by atoms with Gasteiger partial charge in [0, 0.05) is 13.1 Å². The highest BCUT2D eigenvalue weighted by Gasteiger charge is 2.37. The topological polar surface area (TPSA) is 72.9 Å². The fraction of sp³-hybridized carbons (Fsp3) is 0.500. The Hall–Kier alpha value is -1.60. The molecule has 0 aromatic heterocycles. The fourth-order valence-corrected chi connectivity index (χ4v) is 4.17. The molecule has 1 aromatic carbocycles. The summed E-state index contributed by atoms with van der Waals surface area (Å²) in [6.07, 6.45) is 0.472. The van der Waals surface area contributed by atoms with E-state index >= 15 is 0 Å². The van der Waals surface area contributed by atoms with Crippen LogP contribution >= 0.6 is 0 Å². The van der Waals surface area contributed by atoms with Gasteiger partial charge in [0.2, 0.25) is 10.0 Å². The number of nitrogens with zero attached hydrogens (tertiary/aromatic N) is 1. The minimum atomic E-state index is -3.68. The maximum atomic E-state index is 12.7. The standard InChI is InChI=1S/C14H19NO5S/c1-10-4-5-12(19-2)13(8-10)21(17,18)15-7-6-11(9-15)14(16)20-3/h4-5,8,11H,6-7,9H2,1-3H3. The Kier molecular flexibility index (Phi) is 4.53. The summed E-state index contributed by atoms with van der Waals surface area (Å²) in [7, 11) is -0.934. The second-order valence-corrected chi connectivity index (χ2v) is 6.93. The van der Waals surface area contributed by atoms with Gasteiger partial charge in [-0.1, -0.05) is 6.07 Å².